The lowest BCUT2D eigenvalue weighted by Crippen LogP contribution is -2.15. The lowest BCUT2D eigenvalue weighted by molar-refractivity contribution is 0.100. The van der Waals surface area contributed by atoms with Crippen LogP contribution < -0.4 is 16.4 Å². The summed E-state index contributed by atoms with van der Waals surface area (Å²) in [5.74, 6) is 0.663. The molecule has 7 nitrogen and oxygen atoms in total. The van der Waals surface area contributed by atoms with Gasteiger partial charge in [-0.05, 0) is 31.2 Å². The molecule has 0 bridgehead atoms. The quantitative estimate of drug-likeness (QED) is 0.667. The van der Waals surface area contributed by atoms with Crippen LogP contribution in [0.2, 0.25) is 0 Å². The van der Waals surface area contributed by atoms with Crippen LogP contribution in [0.25, 0.3) is 0 Å². The number of carbonyl (C=O) groups is 1. The number of nitrogens with two attached hydrogens (primary N) is 1. The second-order valence-electron chi connectivity index (χ2n) is 5.10. The van der Waals surface area contributed by atoms with Gasteiger partial charge in [-0.2, -0.15) is 4.98 Å². The molecule has 0 radical (unpaired) electrons. The van der Waals surface area contributed by atoms with Gasteiger partial charge >= 0.3 is 0 Å². The predicted molar refractivity (Wildman–Crippen MR) is 92.5 cm³/mol. The number of benzene rings is 1. The van der Waals surface area contributed by atoms with Crippen molar-refractivity contribution in [2.24, 2.45) is 5.73 Å². The Balaban J connectivity index is 1.92. The van der Waals surface area contributed by atoms with Gasteiger partial charge in [0, 0.05) is 17.6 Å². The van der Waals surface area contributed by atoms with Gasteiger partial charge in [0.05, 0.1) is 0 Å². The van der Waals surface area contributed by atoms with E-state index in [2.05, 4.69) is 25.6 Å². The largest absolute Gasteiger partial charge is 0.365 e. The highest BCUT2D eigenvalue weighted by Crippen LogP contribution is 2.20. The Labute approximate surface area is 139 Å². The molecule has 0 aliphatic carbocycles. The number of hydrogen-bond acceptors (Lipinski definition) is 6. The number of aryl methyl sites for hydroxylation is 1. The lowest BCUT2D eigenvalue weighted by Gasteiger charge is -2.11. The third-order valence-corrected chi connectivity index (χ3v) is 3.22. The number of primary amides is 1. The number of aromatic nitrogens is 3. The Morgan fingerprint density at radius 3 is 2.50 bits per heavy atom. The second kappa shape index (κ2) is 6.74. The van der Waals surface area contributed by atoms with E-state index < -0.39 is 5.91 Å². The molecule has 0 aliphatic rings. The Bertz CT molecular complexity index is 866. The van der Waals surface area contributed by atoms with Crippen molar-refractivity contribution in [2.45, 2.75) is 6.92 Å². The van der Waals surface area contributed by atoms with Crippen molar-refractivity contribution in [1.29, 1.82) is 0 Å². The SMILES string of the molecule is Cc1cccc(Nc2ncc(C(N)=O)c(Nc3ccccc3)n2)n1. The van der Waals surface area contributed by atoms with Crippen molar-refractivity contribution in [3.8, 4) is 0 Å². The molecule has 0 saturated heterocycles. The van der Waals surface area contributed by atoms with E-state index in [9.17, 15) is 4.79 Å². The van der Waals surface area contributed by atoms with Gasteiger partial charge < -0.3 is 16.4 Å². The maximum absolute atomic E-state index is 11.6. The fourth-order valence-electron chi connectivity index (χ4n) is 2.10. The molecule has 0 atom stereocenters. The molecule has 2 heterocycles. The van der Waals surface area contributed by atoms with Crippen molar-refractivity contribution >= 4 is 29.2 Å². The first-order valence-corrected chi connectivity index (χ1v) is 7.31. The molecule has 120 valence electrons. The lowest BCUT2D eigenvalue weighted by atomic mass is 10.2. The predicted octanol–water partition coefficient (Wildman–Crippen LogP) is 2.77. The van der Waals surface area contributed by atoms with Crippen molar-refractivity contribution in [1.82, 2.24) is 15.0 Å². The van der Waals surface area contributed by atoms with Crippen LogP contribution in [-0.2, 0) is 0 Å². The zero-order chi connectivity index (χ0) is 16.9. The standard InChI is InChI=1S/C17H16N6O/c1-11-6-5-9-14(20-11)22-17-19-10-13(15(18)24)16(23-17)21-12-7-3-2-4-8-12/h2-10H,1H3,(H2,18,24)(H2,19,20,21,22,23). The number of para-hydroxylation sites is 1. The summed E-state index contributed by atoms with van der Waals surface area (Å²) in [6, 6.07) is 15.0. The van der Waals surface area contributed by atoms with Crippen LogP contribution in [0.15, 0.2) is 54.7 Å². The Hall–Kier alpha value is -3.48. The third kappa shape index (κ3) is 3.64. The molecule has 0 unspecified atom stereocenters. The number of pyridine rings is 1. The van der Waals surface area contributed by atoms with Crippen molar-refractivity contribution in [2.75, 3.05) is 10.6 Å². The van der Waals surface area contributed by atoms with Crippen molar-refractivity contribution in [3.05, 3.63) is 66.0 Å². The van der Waals surface area contributed by atoms with Crippen LogP contribution in [-0.4, -0.2) is 20.9 Å². The van der Waals surface area contributed by atoms with Gasteiger partial charge in [-0.3, -0.25) is 4.79 Å². The summed E-state index contributed by atoms with van der Waals surface area (Å²) in [6.07, 6.45) is 1.39. The van der Waals surface area contributed by atoms with Gasteiger partial charge in [-0.1, -0.05) is 24.3 Å². The maximum atomic E-state index is 11.6. The molecule has 1 aromatic carbocycles. The molecule has 3 aromatic rings. The molecule has 7 heteroatoms. The summed E-state index contributed by atoms with van der Waals surface area (Å²) in [5.41, 5.74) is 7.27. The van der Waals surface area contributed by atoms with E-state index in [1.807, 2.05) is 55.5 Å². The summed E-state index contributed by atoms with van der Waals surface area (Å²) >= 11 is 0. The van der Waals surface area contributed by atoms with Crippen LogP contribution in [0.4, 0.5) is 23.3 Å². The number of rotatable bonds is 5. The molecule has 0 saturated carbocycles. The average Bonchev–Trinajstić information content (AvgIpc) is 2.56. The summed E-state index contributed by atoms with van der Waals surface area (Å²) in [6.45, 7) is 1.89. The summed E-state index contributed by atoms with van der Waals surface area (Å²) in [7, 11) is 0. The first kappa shape index (κ1) is 15.4. The Morgan fingerprint density at radius 2 is 1.79 bits per heavy atom. The fourth-order valence-corrected chi connectivity index (χ4v) is 2.10. The molecule has 24 heavy (non-hydrogen) atoms. The summed E-state index contributed by atoms with van der Waals surface area (Å²) in [5, 5.41) is 6.09. The summed E-state index contributed by atoms with van der Waals surface area (Å²) < 4.78 is 0. The van der Waals surface area contributed by atoms with E-state index in [-0.39, 0.29) is 5.56 Å². The van der Waals surface area contributed by atoms with Crippen molar-refractivity contribution in [3.63, 3.8) is 0 Å². The highest BCUT2D eigenvalue weighted by molar-refractivity contribution is 5.98. The highest BCUT2D eigenvalue weighted by atomic mass is 16.1. The van der Waals surface area contributed by atoms with E-state index in [1.54, 1.807) is 0 Å². The summed E-state index contributed by atoms with van der Waals surface area (Å²) in [4.78, 5) is 24.4. The van der Waals surface area contributed by atoms with Gasteiger partial charge in [-0.25, -0.2) is 9.97 Å². The highest BCUT2D eigenvalue weighted by Gasteiger charge is 2.13. The number of nitrogens with zero attached hydrogens (tertiary/aromatic N) is 3. The monoisotopic (exact) mass is 320 g/mol. The molecule has 2 aromatic heterocycles. The molecule has 0 fully saturated rings. The molecular formula is C17H16N6O. The second-order valence-corrected chi connectivity index (χ2v) is 5.10. The fraction of sp³-hybridized carbons (Fsp3) is 0.0588. The van der Waals surface area contributed by atoms with Gasteiger partial charge in [0.1, 0.15) is 17.2 Å². The van der Waals surface area contributed by atoms with Gasteiger partial charge in [0.25, 0.3) is 5.91 Å². The minimum absolute atomic E-state index is 0.210. The Kier molecular flexibility index (Phi) is 4.33. The number of anilines is 4. The minimum Gasteiger partial charge on any atom is -0.365 e. The topological polar surface area (TPSA) is 106 Å². The first-order valence-electron chi connectivity index (χ1n) is 7.31. The van der Waals surface area contributed by atoms with E-state index in [0.29, 0.717) is 17.6 Å². The first-order chi connectivity index (χ1) is 11.6. The zero-order valence-corrected chi connectivity index (χ0v) is 13.0. The number of carbonyl (C=O) groups excluding carboxylic acids is 1. The molecule has 3 rings (SSSR count). The van der Waals surface area contributed by atoms with Crippen LogP contribution in [0.5, 0.6) is 0 Å². The number of hydrogen-bond donors (Lipinski definition) is 3. The van der Waals surface area contributed by atoms with E-state index in [0.717, 1.165) is 11.4 Å². The van der Waals surface area contributed by atoms with E-state index in [1.165, 1.54) is 6.20 Å². The number of amides is 1. The van der Waals surface area contributed by atoms with Gasteiger partial charge in [0.15, 0.2) is 0 Å². The van der Waals surface area contributed by atoms with Crippen LogP contribution in [0.1, 0.15) is 16.1 Å². The van der Waals surface area contributed by atoms with Crippen LogP contribution in [0.3, 0.4) is 0 Å². The smallest absolute Gasteiger partial charge is 0.254 e. The van der Waals surface area contributed by atoms with Crippen molar-refractivity contribution < 1.29 is 4.79 Å². The molecule has 1 amide bonds. The van der Waals surface area contributed by atoms with Crippen LogP contribution in [0, 0.1) is 6.92 Å². The molecular weight excluding hydrogens is 304 g/mol. The zero-order valence-electron chi connectivity index (χ0n) is 13.0. The minimum atomic E-state index is -0.603. The molecule has 0 spiro atoms. The van der Waals surface area contributed by atoms with E-state index in [4.69, 9.17) is 5.73 Å². The van der Waals surface area contributed by atoms with E-state index >= 15 is 0 Å². The third-order valence-electron chi connectivity index (χ3n) is 3.22. The molecule has 4 N–H and O–H groups in total. The van der Waals surface area contributed by atoms with Gasteiger partial charge in [0.2, 0.25) is 5.95 Å². The maximum Gasteiger partial charge on any atom is 0.254 e. The van der Waals surface area contributed by atoms with Gasteiger partial charge in [-0.15, -0.1) is 0 Å². The molecule has 0 aliphatic heterocycles. The normalized spacial score (nSPS) is 10.2. The average molecular weight is 320 g/mol. The number of nitrogens with one attached hydrogen (secondary N) is 2. The Morgan fingerprint density at radius 1 is 1.00 bits per heavy atom. The van der Waals surface area contributed by atoms with Crippen LogP contribution >= 0.6 is 0 Å².